The monoisotopic (exact) mass is 585 g/mol. The number of carbonyl (C=O) groups excluding carboxylic acids is 2. The molecule has 10 heteroatoms. The van der Waals surface area contributed by atoms with Crippen LogP contribution in [0.5, 0.6) is 17.2 Å². The summed E-state index contributed by atoms with van der Waals surface area (Å²) in [4.78, 5) is 26.5. The van der Waals surface area contributed by atoms with Crippen molar-refractivity contribution < 1.29 is 28.5 Å². The molecule has 0 N–H and O–H groups in total. The Bertz CT molecular complexity index is 1070. The maximum Gasteiger partial charge on any atom is 0.343 e. The van der Waals surface area contributed by atoms with Crippen molar-refractivity contribution in [1.82, 2.24) is 0 Å². The van der Waals surface area contributed by atoms with Crippen LogP contribution >= 0.6 is 46.6 Å². The highest BCUT2D eigenvalue weighted by atomic mass is 127. The number of thioether (sulfide) groups is 1. The van der Waals surface area contributed by atoms with Crippen LogP contribution in [-0.2, 0) is 14.3 Å². The molecule has 32 heavy (non-hydrogen) atoms. The number of hydrogen-bond donors (Lipinski definition) is 0. The van der Waals surface area contributed by atoms with Crippen LogP contribution in [0.15, 0.2) is 41.3 Å². The first kappa shape index (κ1) is 24.3. The van der Waals surface area contributed by atoms with E-state index in [4.69, 9.17) is 26.4 Å². The zero-order valence-corrected chi connectivity index (χ0v) is 21.3. The van der Waals surface area contributed by atoms with Gasteiger partial charge in [0.1, 0.15) is 5.75 Å². The molecule has 0 aliphatic carbocycles. The van der Waals surface area contributed by atoms with Gasteiger partial charge in [0, 0.05) is 0 Å². The third-order valence-corrected chi connectivity index (χ3v) is 6.42. The lowest BCUT2D eigenvalue weighted by Gasteiger charge is -2.15. The molecule has 1 fully saturated rings. The highest BCUT2D eigenvalue weighted by Crippen LogP contribution is 2.39. The third kappa shape index (κ3) is 5.54. The van der Waals surface area contributed by atoms with Crippen molar-refractivity contribution in [2.45, 2.75) is 6.92 Å². The Balaban J connectivity index is 1.89. The first-order chi connectivity index (χ1) is 15.4. The van der Waals surface area contributed by atoms with Gasteiger partial charge in [-0.15, -0.1) is 0 Å². The van der Waals surface area contributed by atoms with E-state index < -0.39 is 5.97 Å². The van der Waals surface area contributed by atoms with E-state index in [-0.39, 0.29) is 12.5 Å². The summed E-state index contributed by atoms with van der Waals surface area (Å²) in [6.07, 6.45) is 1.76. The fourth-order valence-electron chi connectivity index (χ4n) is 2.84. The minimum Gasteiger partial charge on any atom is -0.497 e. The average Bonchev–Trinajstić information content (AvgIpc) is 3.05. The predicted molar refractivity (Wildman–Crippen MR) is 136 cm³/mol. The molecule has 0 spiro atoms. The van der Waals surface area contributed by atoms with Gasteiger partial charge in [-0.05, 0) is 77.6 Å². The van der Waals surface area contributed by atoms with E-state index >= 15 is 0 Å². The number of ether oxygens (including phenoxy) is 4. The Morgan fingerprint density at radius 2 is 1.91 bits per heavy atom. The van der Waals surface area contributed by atoms with E-state index in [0.29, 0.717) is 38.8 Å². The number of hydrogen-bond acceptors (Lipinski definition) is 8. The first-order valence-electron chi connectivity index (χ1n) is 9.45. The van der Waals surface area contributed by atoms with Gasteiger partial charge in [-0.1, -0.05) is 24.0 Å². The number of methoxy groups -OCH3 is 2. The summed E-state index contributed by atoms with van der Waals surface area (Å²) in [7, 11) is 2.88. The minimum atomic E-state index is -0.491. The zero-order valence-electron chi connectivity index (χ0n) is 17.5. The summed E-state index contributed by atoms with van der Waals surface area (Å²) < 4.78 is 22.3. The van der Waals surface area contributed by atoms with Crippen molar-refractivity contribution in [2.75, 3.05) is 32.3 Å². The minimum absolute atomic E-state index is 0.204. The summed E-state index contributed by atoms with van der Waals surface area (Å²) in [5, 5.41) is 0. The van der Waals surface area contributed by atoms with E-state index in [1.54, 1.807) is 43.5 Å². The lowest BCUT2D eigenvalue weighted by molar-refractivity contribution is -0.142. The average molecular weight is 585 g/mol. The van der Waals surface area contributed by atoms with Crippen LogP contribution in [0.1, 0.15) is 12.5 Å². The first-order valence-corrected chi connectivity index (χ1v) is 11.8. The molecule has 0 bridgehead atoms. The summed E-state index contributed by atoms with van der Waals surface area (Å²) >= 11 is 8.77. The van der Waals surface area contributed by atoms with Gasteiger partial charge >= 0.3 is 5.97 Å². The van der Waals surface area contributed by atoms with Crippen LogP contribution in [-0.4, -0.2) is 43.6 Å². The van der Waals surface area contributed by atoms with Crippen molar-refractivity contribution >= 4 is 74.5 Å². The van der Waals surface area contributed by atoms with Crippen molar-refractivity contribution in [3.8, 4) is 17.2 Å². The number of rotatable bonds is 8. The quantitative estimate of drug-likeness (QED) is 0.192. The molecule has 1 heterocycles. The summed E-state index contributed by atoms with van der Waals surface area (Å²) in [5.74, 6) is 0.918. The van der Waals surface area contributed by atoms with Gasteiger partial charge in [-0.3, -0.25) is 9.69 Å². The van der Waals surface area contributed by atoms with Crippen LogP contribution in [0, 0.1) is 3.57 Å². The van der Waals surface area contributed by atoms with Gasteiger partial charge in [0.2, 0.25) is 0 Å². The molecule has 0 radical (unpaired) electrons. The second kappa shape index (κ2) is 11.0. The second-order valence-corrected chi connectivity index (χ2v) is 9.18. The van der Waals surface area contributed by atoms with E-state index in [0.717, 1.165) is 9.13 Å². The van der Waals surface area contributed by atoms with Gasteiger partial charge in [0.05, 0.1) is 35.0 Å². The zero-order chi connectivity index (χ0) is 23.3. The number of carbonyl (C=O) groups is 2. The maximum absolute atomic E-state index is 13.1. The largest absolute Gasteiger partial charge is 0.497 e. The van der Waals surface area contributed by atoms with E-state index in [9.17, 15) is 9.59 Å². The van der Waals surface area contributed by atoms with E-state index in [1.165, 1.54) is 23.8 Å². The molecule has 1 aliphatic heterocycles. The van der Waals surface area contributed by atoms with E-state index in [2.05, 4.69) is 27.3 Å². The molecule has 0 atom stereocenters. The Morgan fingerprint density at radius 1 is 1.19 bits per heavy atom. The third-order valence-electron chi connectivity index (χ3n) is 4.32. The Labute approximate surface area is 209 Å². The van der Waals surface area contributed by atoms with Crippen LogP contribution < -0.4 is 19.1 Å². The number of esters is 1. The van der Waals surface area contributed by atoms with Gasteiger partial charge in [0.25, 0.3) is 5.91 Å². The number of anilines is 1. The van der Waals surface area contributed by atoms with Crippen molar-refractivity contribution in [3.05, 3.63) is 50.4 Å². The number of halogens is 1. The summed E-state index contributed by atoms with van der Waals surface area (Å²) in [6.45, 7) is 2.03. The fraction of sp³-hybridized carbons (Fsp3) is 0.227. The fourth-order valence-corrected chi connectivity index (χ4v) is 4.92. The number of amides is 1. The van der Waals surface area contributed by atoms with Crippen LogP contribution in [0.25, 0.3) is 6.08 Å². The molecular formula is C22H20INO6S2. The molecule has 0 saturated carbocycles. The van der Waals surface area contributed by atoms with Crippen molar-refractivity contribution in [2.24, 2.45) is 0 Å². The molecule has 1 aliphatic rings. The smallest absolute Gasteiger partial charge is 0.343 e. The Hall–Kier alpha value is -2.31. The van der Waals surface area contributed by atoms with Gasteiger partial charge < -0.3 is 18.9 Å². The van der Waals surface area contributed by atoms with Crippen LogP contribution in [0.3, 0.4) is 0 Å². The van der Waals surface area contributed by atoms with Crippen LogP contribution in [0.2, 0.25) is 0 Å². The lowest BCUT2D eigenvalue weighted by Crippen LogP contribution is -2.27. The highest BCUT2D eigenvalue weighted by Gasteiger charge is 2.33. The molecule has 168 valence electrons. The second-order valence-electron chi connectivity index (χ2n) is 6.34. The Kier molecular flexibility index (Phi) is 8.38. The maximum atomic E-state index is 13.1. The number of benzene rings is 2. The van der Waals surface area contributed by atoms with Crippen molar-refractivity contribution in [3.63, 3.8) is 0 Å². The van der Waals surface area contributed by atoms with Crippen LogP contribution in [0.4, 0.5) is 5.69 Å². The molecular weight excluding hydrogens is 565 g/mol. The van der Waals surface area contributed by atoms with Gasteiger partial charge in [-0.2, -0.15) is 0 Å². The molecule has 2 aromatic carbocycles. The normalized spacial score (nSPS) is 14.6. The highest BCUT2D eigenvalue weighted by molar-refractivity contribution is 14.1. The molecule has 3 rings (SSSR count). The molecule has 0 aromatic heterocycles. The summed E-state index contributed by atoms with van der Waals surface area (Å²) in [6, 6.07) is 10.7. The number of nitrogens with zero attached hydrogens (tertiary/aromatic N) is 1. The Morgan fingerprint density at radius 3 is 2.53 bits per heavy atom. The van der Waals surface area contributed by atoms with E-state index in [1.807, 2.05) is 13.0 Å². The predicted octanol–water partition coefficient (Wildman–Crippen LogP) is 4.66. The van der Waals surface area contributed by atoms with Gasteiger partial charge in [-0.25, -0.2) is 4.79 Å². The van der Waals surface area contributed by atoms with Crippen molar-refractivity contribution in [1.29, 1.82) is 0 Å². The molecule has 1 amide bonds. The molecule has 7 nitrogen and oxygen atoms in total. The number of thiocarbonyl (C=S) groups is 1. The SMILES string of the molecule is CCOc1cc(/C=C2\SC(=S)N(c3ccc(OC)cc3)C2=O)cc(I)c1OCC(=O)OC. The molecule has 1 saturated heterocycles. The lowest BCUT2D eigenvalue weighted by atomic mass is 10.1. The summed E-state index contributed by atoms with van der Waals surface area (Å²) in [5.41, 5.74) is 1.42. The molecule has 0 unspecified atom stereocenters. The molecule has 2 aromatic rings. The van der Waals surface area contributed by atoms with Gasteiger partial charge in [0.15, 0.2) is 22.4 Å². The standard InChI is InChI=1S/C22H20INO6S2/c1-4-29-17-10-13(9-16(23)20(17)30-12-19(25)28-3)11-18-21(26)24(22(31)32-18)14-5-7-15(27-2)8-6-14/h5-11H,4,12H2,1-3H3/b18-11-. The topological polar surface area (TPSA) is 74.3 Å².